The number of carbonyl (C=O) groups excluding carboxylic acids is 2. The van der Waals surface area contributed by atoms with E-state index in [0.717, 1.165) is 5.56 Å². The quantitative estimate of drug-likeness (QED) is 0.662. The van der Waals surface area contributed by atoms with E-state index < -0.39 is 12.1 Å². The third-order valence-corrected chi connectivity index (χ3v) is 3.74. The number of carboxylic acids is 1. The first-order valence-corrected chi connectivity index (χ1v) is 8.49. The number of carboxylic acid groups (broad SMARTS) is 1. The molecule has 3 N–H and O–H groups in total. The summed E-state index contributed by atoms with van der Waals surface area (Å²) in [5.74, 6) is -1.05. The van der Waals surface area contributed by atoms with Gasteiger partial charge in [-0.2, -0.15) is 0 Å². The molecule has 0 aliphatic rings. The SMILES string of the molecule is Cc1ccc(OC(C)C(=O)Nc2ccc(C(=O)NCCC(=O)O)cc2)cc1. The Labute approximate surface area is 157 Å². The van der Waals surface area contributed by atoms with Gasteiger partial charge in [-0.25, -0.2) is 0 Å². The second-order valence-electron chi connectivity index (χ2n) is 6.04. The smallest absolute Gasteiger partial charge is 0.305 e. The van der Waals surface area contributed by atoms with Crippen molar-refractivity contribution >= 4 is 23.5 Å². The predicted molar refractivity (Wildman–Crippen MR) is 101 cm³/mol. The number of aliphatic carboxylic acids is 1. The number of benzene rings is 2. The second-order valence-corrected chi connectivity index (χ2v) is 6.04. The molecule has 2 amide bonds. The molecule has 0 saturated heterocycles. The van der Waals surface area contributed by atoms with Crippen molar-refractivity contribution < 1.29 is 24.2 Å². The third kappa shape index (κ3) is 6.47. The van der Waals surface area contributed by atoms with Gasteiger partial charge in [0.15, 0.2) is 6.10 Å². The molecule has 2 aromatic carbocycles. The predicted octanol–water partition coefficient (Wildman–Crippen LogP) is 2.61. The number of rotatable bonds is 8. The van der Waals surface area contributed by atoms with Crippen LogP contribution in [-0.2, 0) is 9.59 Å². The minimum atomic E-state index is -0.977. The number of hydrogen-bond acceptors (Lipinski definition) is 4. The lowest BCUT2D eigenvalue weighted by Crippen LogP contribution is -2.30. The van der Waals surface area contributed by atoms with Crippen LogP contribution in [0.3, 0.4) is 0 Å². The van der Waals surface area contributed by atoms with E-state index in [1.165, 1.54) is 0 Å². The number of anilines is 1. The maximum atomic E-state index is 12.2. The van der Waals surface area contributed by atoms with Crippen LogP contribution in [0.15, 0.2) is 48.5 Å². The monoisotopic (exact) mass is 370 g/mol. The normalized spacial score (nSPS) is 11.3. The van der Waals surface area contributed by atoms with E-state index in [9.17, 15) is 14.4 Å². The van der Waals surface area contributed by atoms with E-state index in [-0.39, 0.29) is 24.8 Å². The van der Waals surface area contributed by atoms with Crippen molar-refractivity contribution in [2.45, 2.75) is 26.4 Å². The van der Waals surface area contributed by atoms with Crippen LogP contribution in [0.2, 0.25) is 0 Å². The average molecular weight is 370 g/mol. The van der Waals surface area contributed by atoms with Crippen LogP contribution in [0.4, 0.5) is 5.69 Å². The van der Waals surface area contributed by atoms with Crippen molar-refractivity contribution in [3.8, 4) is 5.75 Å². The molecule has 1 unspecified atom stereocenters. The zero-order valence-corrected chi connectivity index (χ0v) is 15.2. The zero-order chi connectivity index (χ0) is 19.8. The van der Waals surface area contributed by atoms with Crippen molar-refractivity contribution in [1.82, 2.24) is 5.32 Å². The highest BCUT2D eigenvalue weighted by Crippen LogP contribution is 2.15. The van der Waals surface area contributed by atoms with Gasteiger partial charge in [0.05, 0.1) is 6.42 Å². The molecule has 0 aromatic heterocycles. The molecule has 0 heterocycles. The lowest BCUT2D eigenvalue weighted by molar-refractivity contribution is -0.136. The van der Waals surface area contributed by atoms with Crippen LogP contribution in [0, 0.1) is 6.92 Å². The summed E-state index contributed by atoms with van der Waals surface area (Å²) in [6.07, 6.45) is -0.828. The van der Waals surface area contributed by atoms with Crippen LogP contribution in [0.25, 0.3) is 0 Å². The highest BCUT2D eigenvalue weighted by atomic mass is 16.5. The molecule has 7 heteroatoms. The van der Waals surface area contributed by atoms with Crippen LogP contribution in [0.5, 0.6) is 5.75 Å². The van der Waals surface area contributed by atoms with E-state index >= 15 is 0 Å². The maximum Gasteiger partial charge on any atom is 0.305 e. The summed E-state index contributed by atoms with van der Waals surface area (Å²) in [5, 5.41) is 13.8. The Morgan fingerprint density at radius 1 is 1.04 bits per heavy atom. The first kappa shape index (κ1) is 20.0. The molecule has 0 aliphatic heterocycles. The van der Waals surface area contributed by atoms with E-state index in [0.29, 0.717) is 17.0 Å². The molecule has 2 aromatic rings. The molecule has 0 radical (unpaired) electrons. The Balaban J connectivity index is 1.87. The maximum absolute atomic E-state index is 12.2. The van der Waals surface area contributed by atoms with Crippen molar-refractivity contribution in [3.05, 3.63) is 59.7 Å². The van der Waals surface area contributed by atoms with Gasteiger partial charge >= 0.3 is 5.97 Å². The first-order valence-electron chi connectivity index (χ1n) is 8.49. The molecule has 0 bridgehead atoms. The summed E-state index contributed by atoms with van der Waals surface area (Å²) in [6, 6.07) is 13.7. The Hall–Kier alpha value is -3.35. The van der Waals surface area contributed by atoms with Crippen molar-refractivity contribution in [2.24, 2.45) is 0 Å². The summed E-state index contributed by atoms with van der Waals surface area (Å²) >= 11 is 0. The van der Waals surface area contributed by atoms with E-state index in [2.05, 4.69) is 10.6 Å². The van der Waals surface area contributed by atoms with Crippen LogP contribution >= 0.6 is 0 Å². The van der Waals surface area contributed by atoms with Gasteiger partial charge in [-0.1, -0.05) is 17.7 Å². The summed E-state index contributed by atoms with van der Waals surface area (Å²) in [7, 11) is 0. The van der Waals surface area contributed by atoms with E-state index in [4.69, 9.17) is 9.84 Å². The molecule has 142 valence electrons. The highest BCUT2D eigenvalue weighted by molar-refractivity contribution is 5.96. The van der Waals surface area contributed by atoms with Gasteiger partial charge in [0.25, 0.3) is 11.8 Å². The summed E-state index contributed by atoms with van der Waals surface area (Å²) in [6.45, 7) is 3.68. The van der Waals surface area contributed by atoms with Crippen molar-refractivity contribution in [1.29, 1.82) is 0 Å². The Morgan fingerprint density at radius 2 is 1.67 bits per heavy atom. The molecule has 2 rings (SSSR count). The first-order chi connectivity index (χ1) is 12.8. The largest absolute Gasteiger partial charge is 0.481 e. The van der Waals surface area contributed by atoms with Gasteiger partial charge in [0, 0.05) is 17.8 Å². The van der Waals surface area contributed by atoms with Gasteiger partial charge in [-0.3, -0.25) is 14.4 Å². The van der Waals surface area contributed by atoms with Gasteiger partial charge < -0.3 is 20.5 Å². The summed E-state index contributed by atoms with van der Waals surface area (Å²) in [4.78, 5) is 34.6. The standard InChI is InChI=1S/C20H22N2O5/c1-13-3-9-17(10-4-13)27-14(2)19(25)22-16-7-5-15(6-8-16)20(26)21-12-11-18(23)24/h3-10,14H,11-12H2,1-2H3,(H,21,26)(H,22,25)(H,23,24). The molecule has 7 nitrogen and oxygen atoms in total. The molecular formula is C20H22N2O5. The minimum Gasteiger partial charge on any atom is -0.481 e. The fraction of sp³-hybridized carbons (Fsp3) is 0.250. The third-order valence-electron chi connectivity index (χ3n) is 3.74. The summed E-state index contributed by atoms with van der Waals surface area (Å²) in [5.41, 5.74) is 2.01. The topological polar surface area (TPSA) is 105 Å². The van der Waals surface area contributed by atoms with Crippen molar-refractivity contribution in [2.75, 3.05) is 11.9 Å². The number of ether oxygens (including phenoxy) is 1. The Bertz CT molecular complexity index is 800. The Kier molecular flexibility index (Phi) is 6.93. The van der Waals surface area contributed by atoms with Gasteiger partial charge in [0.1, 0.15) is 5.75 Å². The van der Waals surface area contributed by atoms with Crippen LogP contribution < -0.4 is 15.4 Å². The second kappa shape index (κ2) is 9.38. The number of amides is 2. The molecule has 0 saturated carbocycles. The lowest BCUT2D eigenvalue weighted by Gasteiger charge is -2.15. The lowest BCUT2D eigenvalue weighted by atomic mass is 10.2. The fourth-order valence-corrected chi connectivity index (χ4v) is 2.21. The van der Waals surface area contributed by atoms with Gasteiger partial charge in [-0.05, 0) is 50.2 Å². The van der Waals surface area contributed by atoms with Gasteiger partial charge in [0.2, 0.25) is 0 Å². The molecule has 1 atom stereocenters. The summed E-state index contributed by atoms with van der Waals surface area (Å²) < 4.78 is 5.60. The average Bonchev–Trinajstić information content (AvgIpc) is 2.63. The highest BCUT2D eigenvalue weighted by Gasteiger charge is 2.15. The van der Waals surface area contributed by atoms with Gasteiger partial charge in [-0.15, -0.1) is 0 Å². The molecule has 27 heavy (non-hydrogen) atoms. The Morgan fingerprint density at radius 3 is 2.26 bits per heavy atom. The van der Waals surface area contributed by atoms with Crippen LogP contribution in [-0.4, -0.2) is 35.5 Å². The number of hydrogen-bond donors (Lipinski definition) is 3. The number of nitrogens with one attached hydrogen (secondary N) is 2. The zero-order valence-electron chi connectivity index (χ0n) is 15.2. The molecular weight excluding hydrogens is 348 g/mol. The van der Waals surface area contributed by atoms with E-state index in [1.54, 1.807) is 43.3 Å². The number of aryl methyl sites for hydroxylation is 1. The fourth-order valence-electron chi connectivity index (χ4n) is 2.21. The van der Waals surface area contributed by atoms with Crippen LogP contribution in [0.1, 0.15) is 29.3 Å². The van der Waals surface area contributed by atoms with Crippen molar-refractivity contribution in [3.63, 3.8) is 0 Å². The van der Waals surface area contributed by atoms with E-state index in [1.807, 2.05) is 19.1 Å². The molecule has 0 fully saturated rings. The number of carbonyl (C=O) groups is 3. The molecule has 0 spiro atoms. The molecule has 0 aliphatic carbocycles. The minimum absolute atomic E-state index is 0.0561.